The maximum atomic E-state index is 11.4. The van der Waals surface area contributed by atoms with Crippen LogP contribution in [0.2, 0.25) is 0 Å². The van der Waals surface area contributed by atoms with E-state index >= 15 is 0 Å². The minimum Gasteiger partial charge on any atom is -0.447 e. The van der Waals surface area contributed by atoms with Crippen LogP contribution in [0.25, 0.3) is 0 Å². The molecule has 0 aliphatic carbocycles. The maximum Gasteiger partial charge on any atom is 0.320 e. The normalized spacial score (nSPS) is 30.6. The van der Waals surface area contributed by atoms with Gasteiger partial charge in [-0.3, -0.25) is 4.79 Å². The Morgan fingerprint density at radius 1 is 1.33 bits per heavy atom. The molecule has 0 aromatic heterocycles. The first kappa shape index (κ1) is 12.9. The van der Waals surface area contributed by atoms with E-state index in [9.17, 15) is 4.79 Å². The standard InChI is InChI=1S/C12H22O2S/c1-4-6-7-8-9-12(5-2)14-11(13)10(3)15-12/h10H,4-9H2,1-3H3. The number of cyclic esters (lactones) is 1. The van der Waals surface area contributed by atoms with E-state index in [1.165, 1.54) is 25.7 Å². The van der Waals surface area contributed by atoms with Gasteiger partial charge in [-0.25, -0.2) is 0 Å². The number of unbranched alkanes of at least 4 members (excludes halogenated alkanes) is 3. The largest absolute Gasteiger partial charge is 0.447 e. The summed E-state index contributed by atoms with van der Waals surface area (Å²) in [4.78, 5) is 11.2. The number of ether oxygens (including phenoxy) is 1. The second kappa shape index (κ2) is 5.78. The van der Waals surface area contributed by atoms with Crippen molar-refractivity contribution < 1.29 is 9.53 Å². The van der Waals surface area contributed by atoms with Gasteiger partial charge in [0, 0.05) is 0 Å². The van der Waals surface area contributed by atoms with Gasteiger partial charge in [0.15, 0.2) is 4.93 Å². The van der Waals surface area contributed by atoms with Crippen LogP contribution in [0.3, 0.4) is 0 Å². The zero-order valence-electron chi connectivity index (χ0n) is 10.0. The van der Waals surface area contributed by atoms with Gasteiger partial charge in [-0.1, -0.05) is 44.9 Å². The molecule has 1 heterocycles. The Labute approximate surface area is 97.1 Å². The number of esters is 1. The molecule has 0 aromatic carbocycles. The average molecular weight is 230 g/mol. The smallest absolute Gasteiger partial charge is 0.320 e. The Morgan fingerprint density at radius 2 is 2.07 bits per heavy atom. The first-order chi connectivity index (χ1) is 7.13. The summed E-state index contributed by atoms with van der Waals surface area (Å²) in [6.45, 7) is 6.26. The molecule has 0 aromatic rings. The molecule has 2 atom stereocenters. The van der Waals surface area contributed by atoms with E-state index in [1.807, 2.05) is 6.92 Å². The van der Waals surface area contributed by atoms with Crippen LogP contribution in [0.15, 0.2) is 0 Å². The average Bonchev–Trinajstić information content (AvgIpc) is 2.51. The molecular formula is C12H22O2S. The second-order valence-corrected chi connectivity index (χ2v) is 5.94. The lowest BCUT2D eigenvalue weighted by Crippen LogP contribution is -2.24. The van der Waals surface area contributed by atoms with Crippen molar-refractivity contribution in [1.82, 2.24) is 0 Å². The fraction of sp³-hybridized carbons (Fsp3) is 0.917. The number of thioether (sulfide) groups is 1. The number of hydrogen-bond donors (Lipinski definition) is 0. The zero-order chi connectivity index (χ0) is 11.3. The number of hydrogen-bond acceptors (Lipinski definition) is 3. The van der Waals surface area contributed by atoms with Gasteiger partial charge >= 0.3 is 5.97 Å². The highest BCUT2D eigenvalue weighted by Crippen LogP contribution is 2.44. The molecule has 88 valence electrons. The Bertz CT molecular complexity index is 218. The molecule has 0 amide bonds. The van der Waals surface area contributed by atoms with Crippen LogP contribution in [0.1, 0.15) is 59.3 Å². The topological polar surface area (TPSA) is 26.3 Å². The van der Waals surface area contributed by atoms with E-state index in [0.717, 1.165) is 12.8 Å². The molecule has 1 aliphatic rings. The predicted octanol–water partition coefficient (Wildman–Crippen LogP) is 3.74. The number of rotatable bonds is 6. The zero-order valence-corrected chi connectivity index (χ0v) is 10.9. The fourth-order valence-electron chi connectivity index (χ4n) is 1.92. The van der Waals surface area contributed by atoms with Gasteiger partial charge in [-0.2, -0.15) is 0 Å². The number of carbonyl (C=O) groups excluding carboxylic acids is 1. The molecule has 1 fully saturated rings. The van der Waals surface area contributed by atoms with Gasteiger partial charge < -0.3 is 4.74 Å². The van der Waals surface area contributed by atoms with Crippen molar-refractivity contribution in [2.45, 2.75) is 69.5 Å². The van der Waals surface area contributed by atoms with E-state index < -0.39 is 0 Å². The molecule has 3 heteroatoms. The number of carbonyl (C=O) groups is 1. The van der Waals surface area contributed by atoms with Crippen molar-refractivity contribution in [1.29, 1.82) is 0 Å². The first-order valence-electron chi connectivity index (χ1n) is 6.04. The molecule has 15 heavy (non-hydrogen) atoms. The Hall–Kier alpha value is -0.180. The van der Waals surface area contributed by atoms with E-state index in [0.29, 0.717) is 0 Å². The van der Waals surface area contributed by atoms with Gasteiger partial charge in [-0.15, -0.1) is 0 Å². The van der Waals surface area contributed by atoms with Crippen LogP contribution in [0.5, 0.6) is 0 Å². The summed E-state index contributed by atoms with van der Waals surface area (Å²) >= 11 is 1.71. The summed E-state index contributed by atoms with van der Waals surface area (Å²) in [5, 5.41) is 0.0242. The minimum absolute atomic E-state index is 0.0242. The van der Waals surface area contributed by atoms with Gasteiger partial charge in [0.05, 0.1) is 0 Å². The highest BCUT2D eigenvalue weighted by molar-refractivity contribution is 8.02. The summed E-state index contributed by atoms with van der Waals surface area (Å²) in [5.41, 5.74) is 0. The van der Waals surface area contributed by atoms with Crippen LogP contribution >= 0.6 is 11.8 Å². The summed E-state index contributed by atoms with van der Waals surface area (Å²) in [6.07, 6.45) is 6.92. The van der Waals surface area contributed by atoms with Crippen LogP contribution in [-0.4, -0.2) is 16.2 Å². The molecule has 2 nitrogen and oxygen atoms in total. The molecule has 0 bridgehead atoms. The molecular weight excluding hydrogens is 208 g/mol. The van der Waals surface area contributed by atoms with Gasteiger partial charge in [0.25, 0.3) is 0 Å². The molecule has 0 radical (unpaired) electrons. The van der Waals surface area contributed by atoms with Gasteiger partial charge in [-0.05, 0) is 26.2 Å². The minimum atomic E-state index is -0.204. The molecule has 0 saturated carbocycles. The van der Waals surface area contributed by atoms with Crippen molar-refractivity contribution in [2.24, 2.45) is 0 Å². The Morgan fingerprint density at radius 3 is 2.53 bits per heavy atom. The summed E-state index contributed by atoms with van der Waals surface area (Å²) in [7, 11) is 0. The summed E-state index contributed by atoms with van der Waals surface area (Å²) in [6, 6.07) is 0. The highest BCUT2D eigenvalue weighted by atomic mass is 32.2. The van der Waals surface area contributed by atoms with Crippen molar-refractivity contribution in [3.05, 3.63) is 0 Å². The highest BCUT2D eigenvalue weighted by Gasteiger charge is 2.43. The van der Waals surface area contributed by atoms with Crippen molar-refractivity contribution in [2.75, 3.05) is 0 Å². The van der Waals surface area contributed by atoms with E-state index in [1.54, 1.807) is 11.8 Å². The van der Waals surface area contributed by atoms with Gasteiger partial charge in [0.1, 0.15) is 5.25 Å². The third-order valence-corrected chi connectivity index (χ3v) is 4.51. The Kier molecular flexibility index (Phi) is 4.97. The molecule has 0 N–H and O–H groups in total. The van der Waals surface area contributed by atoms with Crippen LogP contribution in [0.4, 0.5) is 0 Å². The van der Waals surface area contributed by atoms with E-state index in [4.69, 9.17) is 4.74 Å². The van der Waals surface area contributed by atoms with Crippen LogP contribution in [0, 0.1) is 0 Å². The summed E-state index contributed by atoms with van der Waals surface area (Å²) < 4.78 is 5.51. The third kappa shape index (κ3) is 3.40. The second-order valence-electron chi connectivity index (χ2n) is 4.26. The quantitative estimate of drug-likeness (QED) is 0.513. The lowest BCUT2D eigenvalue weighted by molar-refractivity contribution is -0.148. The molecule has 2 unspecified atom stereocenters. The van der Waals surface area contributed by atoms with E-state index in [2.05, 4.69) is 13.8 Å². The Balaban J connectivity index is 2.38. The third-order valence-electron chi connectivity index (χ3n) is 2.96. The molecule has 1 rings (SSSR count). The summed E-state index contributed by atoms with van der Waals surface area (Å²) in [5.74, 6) is -0.0302. The predicted molar refractivity (Wildman–Crippen MR) is 64.9 cm³/mol. The van der Waals surface area contributed by atoms with Crippen molar-refractivity contribution in [3.63, 3.8) is 0 Å². The first-order valence-corrected chi connectivity index (χ1v) is 6.92. The lowest BCUT2D eigenvalue weighted by Gasteiger charge is -2.25. The van der Waals surface area contributed by atoms with E-state index in [-0.39, 0.29) is 16.2 Å². The van der Waals surface area contributed by atoms with Crippen molar-refractivity contribution >= 4 is 17.7 Å². The SMILES string of the molecule is CCCCCCC1(CC)OC(=O)C(C)S1. The van der Waals surface area contributed by atoms with Crippen molar-refractivity contribution in [3.8, 4) is 0 Å². The molecule has 1 saturated heterocycles. The molecule has 0 spiro atoms. The monoisotopic (exact) mass is 230 g/mol. The van der Waals surface area contributed by atoms with Crippen LogP contribution < -0.4 is 0 Å². The van der Waals surface area contributed by atoms with Gasteiger partial charge in [0.2, 0.25) is 0 Å². The lowest BCUT2D eigenvalue weighted by atomic mass is 10.1. The fourth-order valence-corrected chi connectivity index (χ4v) is 3.27. The maximum absolute atomic E-state index is 11.4. The molecule has 1 aliphatic heterocycles. The van der Waals surface area contributed by atoms with Crippen LogP contribution in [-0.2, 0) is 9.53 Å².